The molecule has 268 valence electrons. The summed E-state index contributed by atoms with van der Waals surface area (Å²) in [5.74, 6) is -1.33. The monoisotopic (exact) mass is 747 g/mol. The van der Waals surface area contributed by atoms with Gasteiger partial charge in [-0.15, -0.1) is 11.3 Å². The van der Waals surface area contributed by atoms with E-state index in [9.17, 15) is 26.8 Å². The quantitative estimate of drug-likeness (QED) is 0.184. The van der Waals surface area contributed by atoms with Gasteiger partial charge in [-0.3, -0.25) is 9.52 Å². The smallest absolute Gasteiger partial charge is 0.410 e. The molecule has 1 heterocycles. The third kappa shape index (κ3) is 8.50. The maximum atomic E-state index is 14.8. The molecular weight excluding hydrogens is 708 g/mol. The molecule has 1 aromatic heterocycles. The standard InChI is InChI=1S/C36H40ClF2N3O6S2/c1-36(2,3)48-35(44)41(4)25-12-14-26(15-13-25)42(34(43)33-31(37)30-27(38)16-17-28(39)32(30)49-33)20-23-19-22(9-18-29(23)47-5)21-7-10-24(11-8-21)40-50(6,45)46/h7-11,16-19,25-26,40H,12-15,20H2,1-6H3. The van der Waals surface area contributed by atoms with Crippen LogP contribution in [0, 0.1) is 11.6 Å². The molecule has 0 radical (unpaired) electrons. The molecule has 50 heavy (non-hydrogen) atoms. The first-order valence-electron chi connectivity index (χ1n) is 16.0. The molecule has 1 aliphatic carbocycles. The Kier molecular flexibility index (Phi) is 11.0. The van der Waals surface area contributed by atoms with Crippen LogP contribution < -0.4 is 9.46 Å². The maximum Gasteiger partial charge on any atom is 0.410 e. The van der Waals surface area contributed by atoms with E-state index in [4.69, 9.17) is 21.1 Å². The fraction of sp³-hybridized carbons (Fsp3) is 0.389. The number of anilines is 1. The number of hydrogen-bond acceptors (Lipinski definition) is 7. The molecule has 1 saturated carbocycles. The van der Waals surface area contributed by atoms with Crippen LogP contribution in [0.25, 0.3) is 21.2 Å². The SMILES string of the molecule is COc1ccc(-c2ccc(NS(C)(=O)=O)cc2)cc1CN(C(=O)c1sc2c(F)ccc(F)c2c1Cl)C1CCC(N(C)C(=O)OC(C)(C)C)CC1. The van der Waals surface area contributed by atoms with Crippen molar-refractivity contribution in [2.45, 2.75) is 70.7 Å². The van der Waals surface area contributed by atoms with Gasteiger partial charge in [-0.1, -0.05) is 29.8 Å². The zero-order chi connectivity index (χ0) is 36.5. The van der Waals surface area contributed by atoms with E-state index in [1.165, 1.54) is 7.11 Å². The van der Waals surface area contributed by atoms with Gasteiger partial charge in [0.15, 0.2) is 0 Å². The van der Waals surface area contributed by atoms with Gasteiger partial charge in [0.25, 0.3) is 5.91 Å². The average molecular weight is 748 g/mol. The first kappa shape index (κ1) is 37.3. The Balaban J connectivity index is 1.48. The summed E-state index contributed by atoms with van der Waals surface area (Å²) in [6.45, 7) is 5.52. The molecule has 5 rings (SSSR count). The number of methoxy groups -OCH3 is 1. The molecule has 1 aliphatic rings. The molecule has 1 N–H and O–H groups in total. The van der Waals surface area contributed by atoms with Gasteiger partial charge in [0.05, 0.1) is 28.5 Å². The fourth-order valence-electron chi connectivity index (χ4n) is 6.18. The highest BCUT2D eigenvalue weighted by Crippen LogP contribution is 2.41. The van der Waals surface area contributed by atoms with E-state index in [0.29, 0.717) is 42.7 Å². The Labute approximate surface area is 300 Å². The molecule has 0 saturated heterocycles. The summed E-state index contributed by atoms with van der Waals surface area (Å²) >= 11 is 7.43. The molecule has 9 nitrogen and oxygen atoms in total. The van der Waals surface area contributed by atoms with Crippen LogP contribution in [0.1, 0.15) is 61.7 Å². The molecule has 3 aromatic carbocycles. The predicted molar refractivity (Wildman–Crippen MR) is 194 cm³/mol. The van der Waals surface area contributed by atoms with Gasteiger partial charge in [0.1, 0.15) is 27.9 Å². The van der Waals surface area contributed by atoms with Gasteiger partial charge in [-0.2, -0.15) is 0 Å². The van der Waals surface area contributed by atoms with Crippen LogP contribution >= 0.6 is 22.9 Å². The zero-order valence-electron chi connectivity index (χ0n) is 28.7. The van der Waals surface area contributed by atoms with E-state index in [1.807, 2.05) is 32.9 Å². The minimum atomic E-state index is -3.44. The first-order chi connectivity index (χ1) is 23.5. The largest absolute Gasteiger partial charge is 0.496 e. The molecule has 0 aliphatic heterocycles. The van der Waals surface area contributed by atoms with Crippen LogP contribution in [-0.2, 0) is 21.3 Å². The number of carbonyl (C=O) groups excluding carboxylic acids is 2. The Hall–Kier alpha value is -3.94. The van der Waals surface area contributed by atoms with Crippen molar-refractivity contribution in [1.82, 2.24) is 9.80 Å². The summed E-state index contributed by atoms with van der Waals surface area (Å²) in [5, 5.41) is -0.269. The number of nitrogens with zero attached hydrogens (tertiary/aromatic N) is 2. The summed E-state index contributed by atoms with van der Waals surface area (Å²) in [4.78, 5) is 30.6. The number of fused-ring (bicyclic) bond motifs is 1. The number of amides is 2. The molecular formula is C36H40ClF2N3O6S2. The third-order valence-electron chi connectivity index (χ3n) is 8.62. The van der Waals surface area contributed by atoms with Crippen LogP contribution in [0.3, 0.4) is 0 Å². The Morgan fingerprint density at radius 2 is 1.56 bits per heavy atom. The second-order valence-corrected chi connectivity index (χ2v) is 16.6. The van der Waals surface area contributed by atoms with Crippen molar-refractivity contribution < 1.29 is 36.3 Å². The maximum absolute atomic E-state index is 14.8. The molecule has 4 aromatic rings. The Bertz CT molecular complexity index is 2010. The lowest BCUT2D eigenvalue weighted by atomic mass is 9.89. The van der Waals surface area contributed by atoms with E-state index in [1.54, 1.807) is 47.2 Å². The topological polar surface area (TPSA) is 105 Å². The number of benzene rings is 3. The number of thiophene rings is 1. The minimum Gasteiger partial charge on any atom is -0.496 e. The predicted octanol–water partition coefficient (Wildman–Crippen LogP) is 8.70. The lowest BCUT2D eigenvalue weighted by Gasteiger charge is -2.40. The highest BCUT2D eigenvalue weighted by atomic mass is 35.5. The van der Waals surface area contributed by atoms with Crippen molar-refractivity contribution in [2.75, 3.05) is 25.1 Å². The minimum absolute atomic E-state index is 0.0303. The van der Waals surface area contributed by atoms with Crippen LogP contribution in [0.4, 0.5) is 19.3 Å². The lowest BCUT2D eigenvalue weighted by Crippen LogP contribution is -2.47. The lowest BCUT2D eigenvalue weighted by molar-refractivity contribution is 0.0144. The number of carbonyl (C=O) groups is 2. The molecule has 0 unspecified atom stereocenters. The van der Waals surface area contributed by atoms with Gasteiger partial charge < -0.3 is 19.3 Å². The number of ether oxygens (including phenoxy) is 2. The van der Waals surface area contributed by atoms with E-state index >= 15 is 0 Å². The highest BCUT2D eigenvalue weighted by molar-refractivity contribution is 7.92. The van der Waals surface area contributed by atoms with Crippen molar-refractivity contribution in [2.24, 2.45) is 0 Å². The molecule has 1 fully saturated rings. The van der Waals surface area contributed by atoms with Gasteiger partial charge in [0, 0.05) is 36.9 Å². The second-order valence-electron chi connectivity index (χ2n) is 13.4. The molecule has 2 amide bonds. The normalized spacial score (nSPS) is 16.6. The van der Waals surface area contributed by atoms with Crippen molar-refractivity contribution in [3.05, 3.63) is 81.7 Å². The van der Waals surface area contributed by atoms with Crippen molar-refractivity contribution in [1.29, 1.82) is 0 Å². The van der Waals surface area contributed by atoms with E-state index < -0.39 is 39.3 Å². The van der Waals surface area contributed by atoms with Gasteiger partial charge >= 0.3 is 6.09 Å². The van der Waals surface area contributed by atoms with Gasteiger partial charge in [0.2, 0.25) is 10.0 Å². The molecule has 0 spiro atoms. The first-order valence-corrected chi connectivity index (χ1v) is 19.1. The third-order valence-corrected chi connectivity index (χ3v) is 10.9. The van der Waals surface area contributed by atoms with E-state index in [2.05, 4.69) is 4.72 Å². The van der Waals surface area contributed by atoms with Crippen molar-refractivity contribution in [3.63, 3.8) is 0 Å². The number of halogens is 3. The summed E-state index contributed by atoms with van der Waals surface area (Å²) < 4.78 is 66.7. The molecule has 14 heteroatoms. The highest BCUT2D eigenvalue weighted by Gasteiger charge is 2.35. The zero-order valence-corrected chi connectivity index (χ0v) is 31.1. The Morgan fingerprint density at radius 1 is 0.960 bits per heavy atom. The van der Waals surface area contributed by atoms with Crippen LogP contribution in [0.2, 0.25) is 5.02 Å². The van der Waals surface area contributed by atoms with Gasteiger partial charge in [-0.05, 0) is 94.0 Å². The number of rotatable bonds is 9. The molecule has 0 bridgehead atoms. The Morgan fingerprint density at radius 3 is 2.14 bits per heavy atom. The molecule has 0 atom stereocenters. The van der Waals surface area contributed by atoms with Gasteiger partial charge in [-0.25, -0.2) is 22.0 Å². The average Bonchev–Trinajstić information content (AvgIpc) is 3.41. The van der Waals surface area contributed by atoms with E-state index in [-0.39, 0.29) is 38.6 Å². The summed E-state index contributed by atoms with van der Waals surface area (Å²) in [7, 11) is -0.202. The summed E-state index contributed by atoms with van der Waals surface area (Å²) in [5.41, 5.74) is 2.06. The van der Waals surface area contributed by atoms with Crippen LogP contribution in [0.15, 0.2) is 54.6 Å². The summed E-state index contributed by atoms with van der Waals surface area (Å²) in [6.07, 6.45) is 2.94. The van der Waals surface area contributed by atoms with Crippen LogP contribution in [0.5, 0.6) is 5.75 Å². The number of sulfonamides is 1. The number of nitrogens with one attached hydrogen (secondary N) is 1. The number of hydrogen-bond donors (Lipinski definition) is 1. The van der Waals surface area contributed by atoms with Crippen LogP contribution in [-0.4, -0.2) is 68.3 Å². The fourth-order valence-corrected chi connectivity index (χ4v) is 8.25. The second kappa shape index (κ2) is 14.7. The van der Waals surface area contributed by atoms with Crippen molar-refractivity contribution in [3.8, 4) is 16.9 Å². The van der Waals surface area contributed by atoms with E-state index in [0.717, 1.165) is 40.9 Å². The van der Waals surface area contributed by atoms with Crippen molar-refractivity contribution >= 4 is 60.7 Å². The summed E-state index contributed by atoms with van der Waals surface area (Å²) in [6, 6.07) is 14.0.